The fourth-order valence-electron chi connectivity index (χ4n) is 3.20. The zero-order chi connectivity index (χ0) is 18.6. The van der Waals surface area contributed by atoms with Gasteiger partial charge in [0.1, 0.15) is 0 Å². The predicted octanol–water partition coefficient (Wildman–Crippen LogP) is 1.59. The van der Waals surface area contributed by atoms with E-state index in [0.717, 1.165) is 25.7 Å². The summed E-state index contributed by atoms with van der Waals surface area (Å²) in [6.07, 6.45) is 7.95. The normalized spacial score (nSPS) is 20.7. The van der Waals surface area contributed by atoms with Gasteiger partial charge in [-0.3, -0.25) is 20.4 Å². The Morgan fingerprint density at radius 3 is 2.54 bits per heavy atom. The van der Waals surface area contributed by atoms with Gasteiger partial charge in [0.15, 0.2) is 0 Å². The minimum Gasteiger partial charge on any atom is -0.273 e. The molecule has 1 fully saturated rings. The minimum absolute atomic E-state index is 0.0933. The Kier molecular flexibility index (Phi) is 5.73. The number of carbonyl (C=O) groups excluding carboxylic acids is 2. The van der Waals surface area contributed by atoms with E-state index in [9.17, 15) is 18.0 Å². The Hall–Kier alpha value is -2.19. The number of amides is 2. The molecule has 0 radical (unpaired) electrons. The molecule has 1 aliphatic carbocycles. The van der Waals surface area contributed by atoms with E-state index in [1.54, 1.807) is 0 Å². The van der Waals surface area contributed by atoms with Crippen molar-refractivity contribution in [2.24, 2.45) is 5.92 Å². The molecule has 1 saturated heterocycles. The van der Waals surface area contributed by atoms with Crippen LogP contribution in [0.5, 0.6) is 0 Å². The summed E-state index contributed by atoms with van der Waals surface area (Å²) in [5.41, 5.74) is 4.99. The zero-order valence-electron chi connectivity index (χ0n) is 14.5. The molecule has 0 bridgehead atoms. The largest absolute Gasteiger partial charge is 0.273 e. The van der Waals surface area contributed by atoms with E-state index >= 15 is 0 Å². The molecule has 2 aliphatic rings. The monoisotopic (exact) mass is 377 g/mol. The van der Waals surface area contributed by atoms with Gasteiger partial charge in [0.2, 0.25) is 15.9 Å². The molecule has 0 aromatic heterocycles. The molecule has 1 unspecified atom stereocenters. The lowest BCUT2D eigenvalue weighted by molar-refractivity contribution is -0.126. The third-order valence-electron chi connectivity index (χ3n) is 4.74. The zero-order valence-corrected chi connectivity index (χ0v) is 15.3. The molecule has 1 aromatic carbocycles. The molecular weight excluding hydrogens is 354 g/mol. The van der Waals surface area contributed by atoms with Gasteiger partial charge in [0, 0.05) is 24.6 Å². The van der Waals surface area contributed by atoms with Crippen LogP contribution in [0, 0.1) is 5.92 Å². The fraction of sp³-hybridized carbons (Fsp3) is 0.444. The van der Waals surface area contributed by atoms with Crippen molar-refractivity contribution in [1.82, 2.24) is 15.2 Å². The van der Waals surface area contributed by atoms with Crippen molar-refractivity contribution in [2.75, 3.05) is 13.1 Å². The average molecular weight is 377 g/mol. The first-order chi connectivity index (χ1) is 12.5. The first-order valence-corrected chi connectivity index (χ1v) is 10.3. The first-order valence-electron chi connectivity index (χ1n) is 8.84. The third-order valence-corrected chi connectivity index (χ3v) is 6.63. The van der Waals surface area contributed by atoms with Gasteiger partial charge in [0.05, 0.1) is 4.90 Å². The smallest absolute Gasteiger partial charge is 0.269 e. The number of sulfonamides is 1. The van der Waals surface area contributed by atoms with Crippen molar-refractivity contribution < 1.29 is 18.0 Å². The average Bonchev–Trinajstić information content (AvgIpc) is 3.22. The minimum atomic E-state index is -3.58. The van der Waals surface area contributed by atoms with Crippen LogP contribution in [0.1, 0.15) is 42.5 Å². The van der Waals surface area contributed by atoms with Crippen molar-refractivity contribution in [2.45, 2.75) is 37.0 Å². The molecule has 3 rings (SSSR count). The maximum atomic E-state index is 12.6. The third kappa shape index (κ3) is 4.13. The van der Waals surface area contributed by atoms with Crippen molar-refractivity contribution >= 4 is 21.8 Å². The van der Waals surface area contributed by atoms with E-state index < -0.39 is 15.9 Å². The summed E-state index contributed by atoms with van der Waals surface area (Å²) in [6, 6.07) is 5.88. The van der Waals surface area contributed by atoms with Gasteiger partial charge in [-0.1, -0.05) is 18.2 Å². The maximum absolute atomic E-state index is 12.6. The lowest BCUT2D eigenvalue weighted by Gasteiger charge is -2.18. The Labute approximate surface area is 153 Å². The van der Waals surface area contributed by atoms with E-state index in [1.807, 2.05) is 12.2 Å². The molecule has 8 heteroatoms. The van der Waals surface area contributed by atoms with Gasteiger partial charge < -0.3 is 0 Å². The fourth-order valence-corrected chi connectivity index (χ4v) is 4.76. The summed E-state index contributed by atoms with van der Waals surface area (Å²) in [7, 11) is -3.58. The van der Waals surface area contributed by atoms with Crippen LogP contribution in [0.25, 0.3) is 0 Å². The lowest BCUT2D eigenvalue weighted by atomic mass is 9.94. The SMILES string of the molecule is O=C(NNC(=O)C1CC=CCC1)c1cccc(S(=O)(=O)N2CCCC2)c1. The first kappa shape index (κ1) is 18.6. The molecule has 1 aromatic rings. The highest BCUT2D eigenvalue weighted by Crippen LogP contribution is 2.21. The van der Waals surface area contributed by atoms with Gasteiger partial charge in [-0.25, -0.2) is 8.42 Å². The highest BCUT2D eigenvalue weighted by molar-refractivity contribution is 7.89. The summed E-state index contributed by atoms with van der Waals surface area (Å²) in [5.74, 6) is -0.922. The second kappa shape index (κ2) is 8.01. The van der Waals surface area contributed by atoms with Crippen LogP contribution in [0.4, 0.5) is 0 Å². The van der Waals surface area contributed by atoms with Crippen LogP contribution in [0.3, 0.4) is 0 Å². The van der Waals surface area contributed by atoms with Crippen LogP contribution in [0.2, 0.25) is 0 Å². The van der Waals surface area contributed by atoms with E-state index in [1.165, 1.54) is 28.6 Å². The van der Waals surface area contributed by atoms with Gasteiger partial charge in [-0.2, -0.15) is 4.31 Å². The van der Waals surface area contributed by atoms with E-state index in [0.29, 0.717) is 19.5 Å². The quantitative estimate of drug-likeness (QED) is 0.615. The predicted molar refractivity (Wildman–Crippen MR) is 96.5 cm³/mol. The molecule has 140 valence electrons. The number of hydrogen-bond donors (Lipinski definition) is 2. The maximum Gasteiger partial charge on any atom is 0.269 e. The molecule has 2 N–H and O–H groups in total. The molecule has 1 aliphatic heterocycles. The Morgan fingerprint density at radius 1 is 1.08 bits per heavy atom. The molecule has 0 saturated carbocycles. The van der Waals surface area contributed by atoms with Crippen molar-refractivity contribution in [3.05, 3.63) is 42.0 Å². The number of carbonyl (C=O) groups is 2. The summed E-state index contributed by atoms with van der Waals surface area (Å²) in [6.45, 7) is 1.01. The van der Waals surface area contributed by atoms with E-state index in [-0.39, 0.29) is 22.3 Å². The number of hydrazine groups is 1. The molecule has 1 heterocycles. The lowest BCUT2D eigenvalue weighted by Crippen LogP contribution is -2.44. The number of nitrogens with one attached hydrogen (secondary N) is 2. The van der Waals surface area contributed by atoms with E-state index in [2.05, 4.69) is 10.9 Å². The molecular formula is C18H23N3O4S. The number of hydrogen-bond acceptors (Lipinski definition) is 4. The highest BCUT2D eigenvalue weighted by Gasteiger charge is 2.27. The highest BCUT2D eigenvalue weighted by atomic mass is 32.2. The number of benzene rings is 1. The van der Waals surface area contributed by atoms with Crippen LogP contribution >= 0.6 is 0 Å². The second-order valence-corrected chi connectivity index (χ2v) is 8.50. The summed E-state index contributed by atoms with van der Waals surface area (Å²) in [4.78, 5) is 24.4. The topological polar surface area (TPSA) is 95.6 Å². The van der Waals surface area contributed by atoms with Gasteiger partial charge >= 0.3 is 0 Å². The Bertz CT molecular complexity index is 813. The molecule has 26 heavy (non-hydrogen) atoms. The number of rotatable bonds is 4. The van der Waals surface area contributed by atoms with Crippen molar-refractivity contribution in [3.63, 3.8) is 0 Å². The summed E-state index contributed by atoms with van der Waals surface area (Å²) in [5, 5.41) is 0. The summed E-state index contributed by atoms with van der Waals surface area (Å²) >= 11 is 0. The van der Waals surface area contributed by atoms with Crippen LogP contribution in [-0.2, 0) is 14.8 Å². The van der Waals surface area contributed by atoms with Crippen LogP contribution in [0.15, 0.2) is 41.3 Å². The Balaban J connectivity index is 1.64. The van der Waals surface area contributed by atoms with Crippen LogP contribution < -0.4 is 10.9 Å². The van der Waals surface area contributed by atoms with Gasteiger partial charge in [-0.15, -0.1) is 0 Å². The number of allylic oxidation sites excluding steroid dienone is 2. The molecule has 0 spiro atoms. The Morgan fingerprint density at radius 2 is 1.85 bits per heavy atom. The second-order valence-electron chi connectivity index (χ2n) is 6.56. The van der Waals surface area contributed by atoms with Gasteiger partial charge in [-0.05, 0) is 50.3 Å². The van der Waals surface area contributed by atoms with Crippen LogP contribution in [-0.4, -0.2) is 37.6 Å². The van der Waals surface area contributed by atoms with Gasteiger partial charge in [0.25, 0.3) is 5.91 Å². The van der Waals surface area contributed by atoms with Crippen molar-refractivity contribution in [1.29, 1.82) is 0 Å². The van der Waals surface area contributed by atoms with Crippen molar-refractivity contribution in [3.8, 4) is 0 Å². The number of nitrogens with zero attached hydrogens (tertiary/aromatic N) is 1. The molecule has 2 amide bonds. The van der Waals surface area contributed by atoms with E-state index in [4.69, 9.17) is 0 Å². The standard InChI is InChI=1S/C18H23N3O4S/c22-17(14-7-2-1-3-8-14)19-20-18(23)15-9-6-10-16(13-15)26(24,25)21-11-4-5-12-21/h1-2,6,9-10,13-14H,3-5,7-8,11-12H2,(H,19,22)(H,20,23). The summed E-state index contributed by atoms with van der Waals surface area (Å²) < 4.78 is 26.6. The molecule has 1 atom stereocenters. The molecule has 7 nitrogen and oxygen atoms in total.